The van der Waals surface area contributed by atoms with Gasteiger partial charge in [0.2, 0.25) is 0 Å². The summed E-state index contributed by atoms with van der Waals surface area (Å²) in [5.41, 5.74) is 0.664. The average molecular weight is 349 g/mol. The van der Waals surface area contributed by atoms with E-state index in [1.165, 1.54) is 0 Å². The molecule has 0 radical (unpaired) electrons. The number of amides is 1. The van der Waals surface area contributed by atoms with Crippen LogP contribution < -0.4 is 5.32 Å². The number of hydrogen-bond acceptors (Lipinski definition) is 1. The third kappa shape index (κ3) is 3.91. The quantitative estimate of drug-likeness (QED) is 0.870. The molecule has 1 aromatic carbocycles. The number of carbonyl (C=O) groups is 1. The first kappa shape index (κ1) is 13.7. The minimum Gasteiger partial charge on any atom is -0.350 e. The molecule has 0 aliphatic carbocycles. The second-order valence-corrected chi connectivity index (χ2v) is 5.56. The maximum atomic E-state index is 11.9. The van der Waals surface area contributed by atoms with Gasteiger partial charge in [-0.3, -0.25) is 4.79 Å². The number of carbonyl (C=O) groups excluding carboxylic acids is 1. The van der Waals surface area contributed by atoms with Crippen molar-refractivity contribution >= 4 is 37.8 Å². The number of halogens is 2. The normalized spacial score (nSPS) is 12.2. The highest BCUT2D eigenvalue weighted by atomic mass is 79.9. The molecule has 0 aliphatic heterocycles. The third-order valence-corrected chi connectivity index (χ3v) is 3.46. The molecule has 1 N–H and O–H groups in total. The summed E-state index contributed by atoms with van der Waals surface area (Å²) in [5, 5.41) is 2.98. The molecule has 1 rings (SSSR count). The second-order valence-electron chi connectivity index (χ2n) is 3.79. The summed E-state index contributed by atoms with van der Waals surface area (Å²) in [5.74, 6) is -0.0332. The fourth-order valence-corrected chi connectivity index (χ4v) is 2.27. The van der Waals surface area contributed by atoms with Crippen molar-refractivity contribution < 1.29 is 4.79 Å². The molecule has 0 aromatic heterocycles. The van der Waals surface area contributed by atoms with E-state index in [1.54, 1.807) is 0 Å². The topological polar surface area (TPSA) is 29.1 Å². The van der Waals surface area contributed by atoms with E-state index in [0.717, 1.165) is 21.8 Å². The van der Waals surface area contributed by atoms with Crippen LogP contribution in [0.2, 0.25) is 0 Å². The summed E-state index contributed by atoms with van der Waals surface area (Å²) >= 11 is 6.74. The molecule has 2 nitrogen and oxygen atoms in total. The molecule has 0 unspecified atom stereocenters. The van der Waals surface area contributed by atoms with Gasteiger partial charge in [-0.1, -0.05) is 29.3 Å². The lowest BCUT2D eigenvalue weighted by atomic mass is 10.1. The van der Waals surface area contributed by atoms with Crippen molar-refractivity contribution in [2.45, 2.75) is 32.7 Å². The van der Waals surface area contributed by atoms with Crippen LogP contribution in [0.1, 0.15) is 37.0 Å². The molecule has 0 bridgehead atoms. The van der Waals surface area contributed by atoms with Gasteiger partial charge in [0.25, 0.3) is 5.91 Å². The molecule has 1 amide bonds. The Hall–Kier alpha value is -0.350. The molecule has 0 saturated carbocycles. The van der Waals surface area contributed by atoms with Gasteiger partial charge in [-0.2, -0.15) is 0 Å². The van der Waals surface area contributed by atoms with E-state index in [4.69, 9.17) is 0 Å². The smallest absolute Gasteiger partial charge is 0.252 e. The lowest BCUT2D eigenvalue weighted by Gasteiger charge is -2.13. The Bertz CT molecular complexity index is 379. The zero-order valence-corrected chi connectivity index (χ0v) is 12.6. The molecular weight excluding hydrogens is 334 g/mol. The summed E-state index contributed by atoms with van der Waals surface area (Å²) in [6.07, 6.45) is 2.07. The number of benzene rings is 1. The Morgan fingerprint density at radius 3 is 2.75 bits per heavy atom. The summed E-state index contributed by atoms with van der Waals surface area (Å²) in [4.78, 5) is 11.9. The van der Waals surface area contributed by atoms with Gasteiger partial charge in [-0.15, -0.1) is 0 Å². The molecule has 1 atom stereocenters. The van der Waals surface area contributed by atoms with Gasteiger partial charge in [0.15, 0.2) is 0 Å². The van der Waals surface area contributed by atoms with Crippen LogP contribution in [-0.4, -0.2) is 11.9 Å². The van der Waals surface area contributed by atoms with Gasteiger partial charge >= 0.3 is 0 Å². The molecule has 4 heteroatoms. The molecule has 0 saturated heterocycles. The van der Waals surface area contributed by atoms with Crippen LogP contribution in [0.5, 0.6) is 0 Å². The van der Waals surface area contributed by atoms with Crippen LogP contribution in [-0.2, 0) is 0 Å². The highest BCUT2D eigenvalue weighted by Crippen LogP contribution is 2.21. The Morgan fingerprint density at radius 1 is 1.44 bits per heavy atom. The van der Waals surface area contributed by atoms with Gasteiger partial charge in [0.1, 0.15) is 0 Å². The lowest BCUT2D eigenvalue weighted by Crippen LogP contribution is -2.32. The molecular formula is C12H15Br2NO. The molecule has 88 valence electrons. The molecule has 0 aliphatic rings. The summed E-state index contributed by atoms with van der Waals surface area (Å²) in [6.45, 7) is 4.13. The van der Waals surface area contributed by atoms with E-state index in [0.29, 0.717) is 5.56 Å². The van der Waals surface area contributed by atoms with Crippen molar-refractivity contribution in [3.8, 4) is 0 Å². The summed E-state index contributed by atoms with van der Waals surface area (Å²) < 4.78 is 1.72. The summed E-state index contributed by atoms with van der Waals surface area (Å²) in [7, 11) is 0. The Labute approximate surface area is 113 Å². The highest BCUT2D eigenvalue weighted by molar-refractivity contribution is 9.11. The fraction of sp³-hybridized carbons (Fsp3) is 0.417. The van der Waals surface area contributed by atoms with Crippen LogP contribution in [0.25, 0.3) is 0 Å². The van der Waals surface area contributed by atoms with Crippen LogP contribution in [0.4, 0.5) is 0 Å². The average Bonchev–Trinajstić information content (AvgIpc) is 2.21. The summed E-state index contributed by atoms with van der Waals surface area (Å²) in [6, 6.07) is 5.79. The van der Waals surface area contributed by atoms with E-state index < -0.39 is 0 Å². The van der Waals surface area contributed by atoms with Crippen molar-refractivity contribution in [2.24, 2.45) is 0 Å². The second kappa shape index (κ2) is 6.40. The van der Waals surface area contributed by atoms with E-state index in [9.17, 15) is 4.79 Å². The van der Waals surface area contributed by atoms with Gasteiger partial charge in [-0.25, -0.2) is 0 Å². The van der Waals surface area contributed by atoms with Crippen molar-refractivity contribution in [2.75, 3.05) is 0 Å². The number of nitrogens with one attached hydrogen (secondary N) is 1. The first-order valence-corrected chi connectivity index (χ1v) is 6.89. The number of hydrogen-bond donors (Lipinski definition) is 1. The van der Waals surface area contributed by atoms with Crippen molar-refractivity contribution in [1.82, 2.24) is 5.32 Å². The van der Waals surface area contributed by atoms with E-state index in [1.807, 2.05) is 25.1 Å². The Balaban J connectivity index is 2.76. The zero-order valence-electron chi connectivity index (χ0n) is 9.39. The minimum atomic E-state index is -0.0332. The largest absolute Gasteiger partial charge is 0.350 e. The maximum Gasteiger partial charge on any atom is 0.252 e. The monoisotopic (exact) mass is 347 g/mol. The standard InChI is InChI=1S/C12H15Br2NO/c1-3-4-8(2)15-12(16)10-7-9(13)5-6-11(10)14/h5-8H,3-4H2,1-2H3,(H,15,16)/t8-/m1/s1. The van der Waals surface area contributed by atoms with Crippen molar-refractivity contribution in [1.29, 1.82) is 0 Å². The SMILES string of the molecule is CCC[C@@H](C)NC(=O)c1cc(Br)ccc1Br. The first-order chi connectivity index (χ1) is 7.54. The van der Waals surface area contributed by atoms with Gasteiger partial charge in [-0.05, 0) is 47.5 Å². The van der Waals surface area contributed by atoms with Gasteiger partial charge in [0, 0.05) is 15.0 Å². The van der Waals surface area contributed by atoms with E-state index in [-0.39, 0.29) is 11.9 Å². The minimum absolute atomic E-state index is 0.0332. The highest BCUT2D eigenvalue weighted by Gasteiger charge is 2.12. The van der Waals surface area contributed by atoms with Crippen LogP contribution in [0, 0.1) is 0 Å². The predicted octanol–water partition coefficient (Wildman–Crippen LogP) is 4.13. The maximum absolute atomic E-state index is 11.9. The molecule has 0 heterocycles. The lowest BCUT2D eigenvalue weighted by molar-refractivity contribution is 0.0937. The third-order valence-electron chi connectivity index (χ3n) is 2.27. The number of rotatable bonds is 4. The molecule has 16 heavy (non-hydrogen) atoms. The van der Waals surface area contributed by atoms with Crippen LogP contribution in [0.15, 0.2) is 27.1 Å². The first-order valence-electron chi connectivity index (χ1n) is 5.30. The van der Waals surface area contributed by atoms with E-state index in [2.05, 4.69) is 44.1 Å². The van der Waals surface area contributed by atoms with Gasteiger partial charge in [0.05, 0.1) is 5.56 Å². The van der Waals surface area contributed by atoms with Crippen molar-refractivity contribution in [3.63, 3.8) is 0 Å². The fourth-order valence-electron chi connectivity index (χ4n) is 1.48. The Kier molecular flexibility index (Phi) is 5.49. The van der Waals surface area contributed by atoms with Crippen LogP contribution in [0.3, 0.4) is 0 Å². The van der Waals surface area contributed by atoms with Crippen molar-refractivity contribution in [3.05, 3.63) is 32.7 Å². The van der Waals surface area contributed by atoms with E-state index >= 15 is 0 Å². The van der Waals surface area contributed by atoms with Gasteiger partial charge < -0.3 is 5.32 Å². The Morgan fingerprint density at radius 2 is 2.12 bits per heavy atom. The zero-order chi connectivity index (χ0) is 12.1. The predicted molar refractivity (Wildman–Crippen MR) is 73.7 cm³/mol. The van der Waals surface area contributed by atoms with Crippen LogP contribution >= 0.6 is 31.9 Å². The molecule has 0 spiro atoms. The molecule has 1 aromatic rings. The molecule has 0 fully saturated rings.